The molecule has 1 aliphatic rings. The van der Waals surface area contributed by atoms with Crippen molar-refractivity contribution in [2.75, 3.05) is 6.54 Å². The van der Waals surface area contributed by atoms with Crippen LogP contribution in [0.1, 0.15) is 16.0 Å². The number of carbonyl (C=O) groups is 1. The van der Waals surface area contributed by atoms with E-state index in [9.17, 15) is 4.79 Å². The number of hydrogen-bond acceptors (Lipinski definition) is 3. The molecule has 1 aliphatic heterocycles. The van der Waals surface area contributed by atoms with Gasteiger partial charge in [0.15, 0.2) is 0 Å². The Labute approximate surface area is 127 Å². The van der Waals surface area contributed by atoms with Gasteiger partial charge >= 0.3 is 0 Å². The van der Waals surface area contributed by atoms with Gasteiger partial charge in [0.25, 0.3) is 0 Å². The van der Waals surface area contributed by atoms with Crippen molar-refractivity contribution in [3.05, 3.63) is 56.7 Å². The van der Waals surface area contributed by atoms with Gasteiger partial charge < -0.3 is 0 Å². The van der Waals surface area contributed by atoms with E-state index in [1.165, 1.54) is 10.4 Å². The number of fused-ring (bicyclic) bond motifs is 1. The molecule has 0 fully saturated rings. The van der Waals surface area contributed by atoms with Crippen LogP contribution in [0.15, 0.2) is 35.7 Å². The van der Waals surface area contributed by atoms with Crippen LogP contribution in [0.4, 0.5) is 0 Å². The summed E-state index contributed by atoms with van der Waals surface area (Å²) in [6.45, 7) is 1.65. The summed E-state index contributed by atoms with van der Waals surface area (Å²) < 4.78 is 0. The van der Waals surface area contributed by atoms with Crippen LogP contribution in [0.25, 0.3) is 0 Å². The van der Waals surface area contributed by atoms with Gasteiger partial charge in [-0.05, 0) is 35.1 Å². The third-order valence-electron chi connectivity index (χ3n) is 3.40. The van der Waals surface area contributed by atoms with E-state index in [2.05, 4.69) is 16.9 Å². The van der Waals surface area contributed by atoms with Crippen molar-refractivity contribution in [3.63, 3.8) is 0 Å². The third-order valence-corrected chi connectivity index (χ3v) is 4.79. The molecule has 0 spiro atoms. The van der Waals surface area contributed by atoms with Crippen LogP contribution >= 0.6 is 22.9 Å². The van der Waals surface area contributed by atoms with Crippen LogP contribution in [0, 0.1) is 0 Å². The van der Waals surface area contributed by atoms with E-state index in [4.69, 9.17) is 11.6 Å². The van der Waals surface area contributed by atoms with Crippen molar-refractivity contribution in [2.24, 2.45) is 0 Å². The Balaban J connectivity index is 1.59. The zero-order valence-electron chi connectivity index (χ0n) is 10.9. The summed E-state index contributed by atoms with van der Waals surface area (Å²) in [6, 6.07) is 9.59. The lowest BCUT2D eigenvalue weighted by Crippen LogP contribution is -2.45. The predicted octanol–water partition coefficient (Wildman–Crippen LogP) is 3.03. The molecule has 1 aromatic carbocycles. The quantitative estimate of drug-likeness (QED) is 0.945. The Hall–Kier alpha value is -1.36. The van der Waals surface area contributed by atoms with Gasteiger partial charge in [0.05, 0.1) is 6.42 Å². The first-order valence-electron chi connectivity index (χ1n) is 6.55. The lowest BCUT2D eigenvalue weighted by molar-refractivity contribution is -0.125. The van der Waals surface area contributed by atoms with Crippen molar-refractivity contribution in [3.8, 4) is 0 Å². The van der Waals surface area contributed by atoms with Crippen LogP contribution in [0.2, 0.25) is 5.02 Å². The first-order valence-corrected chi connectivity index (χ1v) is 7.81. The molecule has 0 saturated carbocycles. The van der Waals surface area contributed by atoms with E-state index in [0.29, 0.717) is 11.4 Å². The molecular formula is C15H15ClN2OS. The highest BCUT2D eigenvalue weighted by molar-refractivity contribution is 7.10. The molecule has 5 heteroatoms. The monoisotopic (exact) mass is 306 g/mol. The van der Waals surface area contributed by atoms with E-state index in [1.54, 1.807) is 11.3 Å². The summed E-state index contributed by atoms with van der Waals surface area (Å²) >= 11 is 7.87. The molecule has 0 radical (unpaired) electrons. The van der Waals surface area contributed by atoms with Crippen molar-refractivity contribution in [2.45, 2.75) is 19.4 Å². The lowest BCUT2D eigenvalue weighted by atomic mass is 10.1. The van der Waals surface area contributed by atoms with Gasteiger partial charge in [-0.1, -0.05) is 29.8 Å². The molecule has 1 aromatic heterocycles. The first kappa shape index (κ1) is 13.6. The topological polar surface area (TPSA) is 32.3 Å². The Morgan fingerprint density at radius 1 is 1.35 bits per heavy atom. The van der Waals surface area contributed by atoms with Crippen molar-refractivity contribution < 1.29 is 4.79 Å². The minimum atomic E-state index is -0.0169. The minimum absolute atomic E-state index is 0.0169. The highest BCUT2D eigenvalue weighted by Crippen LogP contribution is 2.23. The SMILES string of the molecule is O=C(Cc1ccccc1Cl)NN1CCc2sccc2C1. The molecule has 0 aliphatic carbocycles. The number of benzene rings is 1. The zero-order valence-corrected chi connectivity index (χ0v) is 12.5. The fourth-order valence-corrected chi connectivity index (χ4v) is 3.47. The number of hydrogen-bond donors (Lipinski definition) is 1. The lowest BCUT2D eigenvalue weighted by Gasteiger charge is -2.27. The van der Waals surface area contributed by atoms with Crippen molar-refractivity contribution >= 4 is 28.8 Å². The average molecular weight is 307 g/mol. The van der Waals surface area contributed by atoms with Gasteiger partial charge in [-0.2, -0.15) is 0 Å². The van der Waals surface area contributed by atoms with Crippen LogP contribution < -0.4 is 5.43 Å². The number of amides is 1. The normalized spacial score (nSPS) is 14.8. The van der Waals surface area contributed by atoms with E-state index >= 15 is 0 Å². The van der Waals surface area contributed by atoms with Crippen LogP contribution in [0.5, 0.6) is 0 Å². The van der Waals surface area contributed by atoms with Gasteiger partial charge in [0, 0.05) is 23.0 Å². The summed E-state index contributed by atoms with van der Waals surface area (Å²) in [4.78, 5) is 13.5. The van der Waals surface area contributed by atoms with E-state index < -0.39 is 0 Å². The standard InChI is InChI=1S/C15H15ClN2OS/c16-13-4-2-1-3-11(13)9-15(19)17-18-7-5-14-12(10-18)6-8-20-14/h1-4,6,8H,5,7,9-10H2,(H,17,19). The van der Waals surface area contributed by atoms with Gasteiger partial charge in [0.1, 0.15) is 0 Å². The number of nitrogens with one attached hydrogen (secondary N) is 1. The summed E-state index contributed by atoms with van der Waals surface area (Å²) in [5.41, 5.74) is 5.15. The number of rotatable bonds is 3. The Bertz CT molecular complexity index is 626. The van der Waals surface area contributed by atoms with Gasteiger partial charge in [0.2, 0.25) is 5.91 Å². The summed E-state index contributed by atoms with van der Waals surface area (Å²) in [5.74, 6) is -0.0169. The molecule has 3 rings (SSSR count). The maximum Gasteiger partial charge on any atom is 0.238 e. The van der Waals surface area contributed by atoms with E-state index in [1.807, 2.05) is 29.3 Å². The van der Waals surface area contributed by atoms with Crippen LogP contribution in [-0.2, 0) is 24.2 Å². The number of nitrogens with zero attached hydrogens (tertiary/aromatic N) is 1. The molecule has 104 valence electrons. The highest BCUT2D eigenvalue weighted by Gasteiger charge is 2.18. The second-order valence-electron chi connectivity index (χ2n) is 4.84. The molecule has 3 nitrogen and oxygen atoms in total. The second kappa shape index (κ2) is 5.95. The number of carbonyl (C=O) groups excluding carboxylic acids is 1. The largest absolute Gasteiger partial charge is 0.288 e. The molecular weight excluding hydrogens is 292 g/mol. The van der Waals surface area contributed by atoms with E-state index in [-0.39, 0.29) is 5.91 Å². The maximum atomic E-state index is 12.1. The molecule has 1 amide bonds. The molecule has 0 atom stereocenters. The average Bonchev–Trinajstić information content (AvgIpc) is 2.89. The zero-order chi connectivity index (χ0) is 13.9. The van der Waals surface area contributed by atoms with Gasteiger partial charge in [-0.15, -0.1) is 11.3 Å². The number of halogens is 1. The fraction of sp³-hybridized carbons (Fsp3) is 0.267. The molecule has 1 N–H and O–H groups in total. The smallest absolute Gasteiger partial charge is 0.238 e. The molecule has 0 saturated heterocycles. The molecule has 2 heterocycles. The predicted molar refractivity (Wildman–Crippen MR) is 81.7 cm³/mol. The van der Waals surface area contributed by atoms with Gasteiger partial charge in [-0.25, -0.2) is 5.01 Å². The van der Waals surface area contributed by atoms with Crippen molar-refractivity contribution in [1.82, 2.24) is 10.4 Å². The fourth-order valence-electron chi connectivity index (χ4n) is 2.37. The Morgan fingerprint density at radius 2 is 2.20 bits per heavy atom. The van der Waals surface area contributed by atoms with Crippen molar-refractivity contribution in [1.29, 1.82) is 0 Å². The third kappa shape index (κ3) is 3.03. The van der Waals surface area contributed by atoms with E-state index in [0.717, 1.165) is 25.1 Å². The summed E-state index contributed by atoms with van der Waals surface area (Å²) in [5, 5.41) is 4.73. The highest BCUT2D eigenvalue weighted by atomic mass is 35.5. The van der Waals surface area contributed by atoms with Crippen LogP contribution in [0.3, 0.4) is 0 Å². The summed E-state index contributed by atoms with van der Waals surface area (Å²) in [7, 11) is 0. The maximum absolute atomic E-state index is 12.1. The Kier molecular flexibility index (Phi) is 4.05. The summed E-state index contributed by atoms with van der Waals surface area (Å²) in [6.07, 6.45) is 1.31. The molecule has 20 heavy (non-hydrogen) atoms. The molecule has 0 unspecified atom stereocenters. The Morgan fingerprint density at radius 3 is 3.05 bits per heavy atom. The number of hydrazine groups is 1. The molecule has 2 aromatic rings. The van der Waals surface area contributed by atoms with Gasteiger partial charge in [-0.3, -0.25) is 10.2 Å². The van der Waals surface area contributed by atoms with Crippen LogP contribution in [-0.4, -0.2) is 17.5 Å². The number of thiophene rings is 1. The molecule has 0 bridgehead atoms. The second-order valence-corrected chi connectivity index (χ2v) is 6.25. The minimum Gasteiger partial charge on any atom is -0.288 e. The first-order chi connectivity index (χ1) is 9.72.